The molecule has 2 atom stereocenters. The van der Waals surface area contributed by atoms with Gasteiger partial charge in [0.2, 0.25) is 0 Å². The quantitative estimate of drug-likeness (QED) is 0.779. The van der Waals surface area contributed by atoms with Gasteiger partial charge in [-0.3, -0.25) is 9.63 Å². The molecule has 0 amide bonds. The molecule has 3 heteroatoms. The lowest BCUT2D eigenvalue weighted by Gasteiger charge is -2.53. The van der Waals surface area contributed by atoms with Gasteiger partial charge in [-0.1, -0.05) is 13.3 Å². The zero-order chi connectivity index (χ0) is 15.0. The predicted molar refractivity (Wildman–Crippen MR) is 81.4 cm³/mol. The first-order valence-corrected chi connectivity index (χ1v) is 8.28. The van der Waals surface area contributed by atoms with Crippen molar-refractivity contribution in [2.75, 3.05) is 0 Å². The van der Waals surface area contributed by atoms with Gasteiger partial charge < -0.3 is 0 Å². The molecule has 0 aromatic rings. The Hall–Kier alpha value is -0.410. The highest BCUT2D eigenvalue weighted by molar-refractivity contribution is 5.84. The summed E-state index contributed by atoms with van der Waals surface area (Å²) in [6, 6.07) is 0. The van der Waals surface area contributed by atoms with Crippen molar-refractivity contribution in [1.82, 2.24) is 5.06 Å². The second-order valence-corrected chi connectivity index (χ2v) is 7.83. The molecule has 3 nitrogen and oxygen atoms in total. The minimum absolute atomic E-state index is 0.0117. The fourth-order valence-electron chi connectivity index (χ4n) is 4.03. The first kappa shape index (κ1) is 16.0. The van der Waals surface area contributed by atoms with Gasteiger partial charge in [-0.25, -0.2) is 0 Å². The smallest absolute Gasteiger partial charge is 0.163 e. The second-order valence-electron chi connectivity index (χ2n) is 7.83. The summed E-state index contributed by atoms with van der Waals surface area (Å²) in [4.78, 5) is 18.7. The molecule has 2 fully saturated rings. The summed E-state index contributed by atoms with van der Waals surface area (Å²) >= 11 is 0. The largest absolute Gasteiger partial charge is 0.297 e. The summed E-state index contributed by atoms with van der Waals surface area (Å²) in [5.41, 5.74) is 0.0234. The molecule has 1 saturated carbocycles. The van der Waals surface area contributed by atoms with E-state index in [-0.39, 0.29) is 17.2 Å². The van der Waals surface area contributed by atoms with E-state index in [2.05, 4.69) is 39.7 Å². The van der Waals surface area contributed by atoms with Crippen molar-refractivity contribution in [2.24, 2.45) is 5.92 Å². The third-order valence-electron chi connectivity index (χ3n) is 5.16. The van der Waals surface area contributed by atoms with E-state index in [9.17, 15) is 4.79 Å². The Bertz CT molecular complexity index is 346. The number of carbonyl (C=O) groups excluding carboxylic acids is 1. The number of Topliss-reactive ketones (excluding diaryl/α,β-unsaturated/α-hetero) is 1. The molecule has 2 rings (SSSR count). The van der Waals surface area contributed by atoms with Gasteiger partial charge in [0.1, 0.15) is 6.10 Å². The summed E-state index contributed by atoms with van der Waals surface area (Å²) in [7, 11) is 0. The van der Waals surface area contributed by atoms with Gasteiger partial charge >= 0.3 is 0 Å². The maximum Gasteiger partial charge on any atom is 0.163 e. The average molecular weight is 281 g/mol. The average Bonchev–Trinajstić information content (AvgIpc) is 2.34. The van der Waals surface area contributed by atoms with Crippen LogP contribution < -0.4 is 0 Å². The van der Waals surface area contributed by atoms with Crippen LogP contribution in [0, 0.1) is 5.92 Å². The maximum atomic E-state index is 12.3. The molecular weight excluding hydrogens is 250 g/mol. The van der Waals surface area contributed by atoms with E-state index < -0.39 is 0 Å². The molecule has 1 aliphatic carbocycles. The molecule has 1 aliphatic heterocycles. The molecule has 116 valence electrons. The topological polar surface area (TPSA) is 29.5 Å². The van der Waals surface area contributed by atoms with Gasteiger partial charge in [-0.15, -0.1) is 0 Å². The van der Waals surface area contributed by atoms with Crippen molar-refractivity contribution in [3.63, 3.8) is 0 Å². The minimum atomic E-state index is -0.217. The van der Waals surface area contributed by atoms with Crippen LogP contribution in [0.1, 0.15) is 79.6 Å². The monoisotopic (exact) mass is 281 g/mol. The number of hydrogen-bond acceptors (Lipinski definition) is 3. The first-order chi connectivity index (χ1) is 9.28. The van der Waals surface area contributed by atoms with Crippen molar-refractivity contribution < 1.29 is 9.63 Å². The number of ketones is 1. The number of piperidine rings is 1. The third-order valence-corrected chi connectivity index (χ3v) is 5.16. The molecule has 0 aromatic carbocycles. The third kappa shape index (κ3) is 3.09. The molecule has 0 aromatic heterocycles. The zero-order valence-electron chi connectivity index (χ0n) is 13.9. The van der Waals surface area contributed by atoms with Crippen LogP contribution in [0.5, 0.6) is 0 Å². The summed E-state index contributed by atoms with van der Waals surface area (Å²) in [5, 5.41) is 2.15. The highest BCUT2D eigenvalue weighted by atomic mass is 16.7. The normalized spacial score (nSPS) is 34.1. The Morgan fingerprint density at radius 3 is 2.30 bits per heavy atom. The van der Waals surface area contributed by atoms with Crippen LogP contribution in [0.4, 0.5) is 0 Å². The van der Waals surface area contributed by atoms with E-state index >= 15 is 0 Å². The summed E-state index contributed by atoms with van der Waals surface area (Å²) in [6.45, 7) is 11.1. The van der Waals surface area contributed by atoms with Gasteiger partial charge in [0.15, 0.2) is 5.78 Å². The summed E-state index contributed by atoms with van der Waals surface area (Å²) < 4.78 is 0. The van der Waals surface area contributed by atoms with E-state index in [1.165, 1.54) is 6.42 Å². The molecule has 0 radical (unpaired) electrons. The van der Waals surface area contributed by atoms with Crippen molar-refractivity contribution in [3.05, 3.63) is 0 Å². The SMILES string of the molecule is CC[C@H]1CCCC(=O)[C@@H]1ON1C(C)(C)CCCC1(C)C. The van der Waals surface area contributed by atoms with Gasteiger partial charge in [0.25, 0.3) is 0 Å². The fourth-order valence-corrected chi connectivity index (χ4v) is 4.03. The van der Waals surface area contributed by atoms with Gasteiger partial charge in [-0.05, 0) is 65.7 Å². The Balaban J connectivity index is 2.18. The number of carbonyl (C=O) groups is 1. The number of hydrogen-bond donors (Lipinski definition) is 0. The van der Waals surface area contributed by atoms with E-state index in [0.717, 1.165) is 32.1 Å². The minimum Gasteiger partial charge on any atom is -0.297 e. The standard InChI is InChI=1S/C17H31NO2/c1-6-13-9-7-10-14(19)15(13)20-18-16(2,3)11-8-12-17(18,4)5/h13,15H,6-12H2,1-5H3/t13-,15+/m0/s1. The molecule has 0 spiro atoms. The Morgan fingerprint density at radius 2 is 1.75 bits per heavy atom. The molecule has 2 aliphatic rings. The number of hydroxylamine groups is 2. The molecule has 0 N–H and O–H groups in total. The molecule has 1 heterocycles. The number of nitrogens with zero attached hydrogens (tertiary/aromatic N) is 1. The second kappa shape index (κ2) is 5.76. The Morgan fingerprint density at radius 1 is 1.15 bits per heavy atom. The van der Waals surface area contributed by atoms with Crippen LogP contribution in [-0.2, 0) is 9.63 Å². The zero-order valence-corrected chi connectivity index (χ0v) is 13.9. The van der Waals surface area contributed by atoms with E-state index in [4.69, 9.17) is 4.84 Å². The highest BCUT2D eigenvalue weighted by Crippen LogP contribution is 2.40. The van der Waals surface area contributed by atoms with Crippen LogP contribution in [0.3, 0.4) is 0 Å². The van der Waals surface area contributed by atoms with Gasteiger partial charge in [0.05, 0.1) is 0 Å². The van der Waals surface area contributed by atoms with Crippen LogP contribution >= 0.6 is 0 Å². The van der Waals surface area contributed by atoms with Crippen LogP contribution in [0.15, 0.2) is 0 Å². The Labute approximate surface area is 124 Å². The molecule has 0 unspecified atom stereocenters. The lowest BCUT2D eigenvalue weighted by atomic mass is 9.81. The van der Waals surface area contributed by atoms with E-state index in [0.29, 0.717) is 18.1 Å². The highest BCUT2D eigenvalue weighted by Gasteiger charge is 2.45. The molecule has 0 bridgehead atoms. The van der Waals surface area contributed by atoms with Crippen molar-refractivity contribution in [3.8, 4) is 0 Å². The van der Waals surface area contributed by atoms with Crippen LogP contribution in [0.25, 0.3) is 0 Å². The summed E-state index contributed by atoms with van der Waals surface area (Å²) in [6.07, 6.45) is 7.16. The van der Waals surface area contributed by atoms with Crippen molar-refractivity contribution >= 4 is 5.78 Å². The van der Waals surface area contributed by atoms with Crippen molar-refractivity contribution in [2.45, 2.75) is 96.7 Å². The lowest BCUT2D eigenvalue weighted by Crippen LogP contribution is -2.60. The van der Waals surface area contributed by atoms with E-state index in [1.807, 2.05) is 0 Å². The molecule has 20 heavy (non-hydrogen) atoms. The van der Waals surface area contributed by atoms with E-state index in [1.54, 1.807) is 0 Å². The van der Waals surface area contributed by atoms with Crippen LogP contribution in [0.2, 0.25) is 0 Å². The lowest BCUT2D eigenvalue weighted by molar-refractivity contribution is -0.307. The van der Waals surface area contributed by atoms with Crippen molar-refractivity contribution in [1.29, 1.82) is 0 Å². The van der Waals surface area contributed by atoms with Crippen LogP contribution in [-0.4, -0.2) is 28.0 Å². The molecule has 1 saturated heterocycles. The maximum absolute atomic E-state index is 12.3. The van der Waals surface area contributed by atoms with Gasteiger partial charge in [0, 0.05) is 17.5 Å². The van der Waals surface area contributed by atoms with Gasteiger partial charge in [-0.2, -0.15) is 5.06 Å². The fraction of sp³-hybridized carbons (Fsp3) is 0.941. The summed E-state index contributed by atoms with van der Waals surface area (Å²) in [5.74, 6) is 0.699. The predicted octanol–water partition coefficient (Wildman–Crippen LogP) is 4.11. The first-order valence-electron chi connectivity index (χ1n) is 8.28. The molecular formula is C17H31NO2. The Kier molecular flexibility index (Phi) is 4.60. The number of rotatable bonds is 3.